The van der Waals surface area contributed by atoms with Crippen molar-refractivity contribution in [1.82, 2.24) is 44.2 Å². The van der Waals surface area contributed by atoms with E-state index in [4.69, 9.17) is 40.4 Å². The third-order valence-electron chi connectivity index (χ3n) is 11.8. The second-order valence-corrected chi connectivity index (χ2v) is 15.8. The van der Waals surface area contributed by atoms with Crippen molar-refractivity contribution < 1.29 is 38.4 Å². The minimum atomic E-state index is -1.15. The van der Waals surface area contributed by atoms with Gasteiger partial charge in [-0.05, 0) is 51.5 Å². The molecule has 3 aromatic heterocycles. The third kappa shape index (κ3) is 8.99. The molecule has 4 aromatic rings. The lowest BCUT2D eigenvalue weighted by molar-refractivity contribution is -0.115. The Hall–Kier alpha value is -6.29. The van der Waals surface area contributed by atoms with Crippen molar-refractivity contribution >= 4 is 40.7 Å². The lowest BCUT2D eigenvalue weighted by atomic mass is 9.88. The number of carbonyl (C=O) groups excluding carboxylic acids is 3. The molecule has 21 heteroatoms. The number of fused-ring (bicyclic) bond motifs is 6. The molecule has 8 rings (SSSR count). The number of anilines is 1. The number of methoxy groups -OCH3 is 1. The number of imidazole rings is 1. The summed E-state index contributed by atoms with van der Waals surface area (Å²) in [6.45, 7) is 10.2. The van der Waals surface area contributed by atoms with E-state index in [1.54, 1.807) is 32.1 Å². The van der Waals surface area contributed by atoms with Crippen LogP contribution in [0, 0.1) is 6.92 Å². The van der Waals surface area contributed by atoms with E-state index in [-0.39, 0.29) is 48.9 Å². The molecule has 3 amide bonds. The number of carbonyl (C=O) groups is 3. The van der Waals surface area contributed by atoms with E-state index in [1.807, 2.05) is 43.9 Å². The minimum Gasteiger partial charge on any atom is -0.494 e. The number of morpholine rings is 1. The summed E-state index contributed by atoms with van der Waals surface area (Å²) in [5.41, 5.74) is 14.7. The van der Waals surface area contributed by atoms with Crippen LogP contribution in [0.2, 0.25) is 0 Å². The zero-order valence-corrected chi connectivity index (χ0v) is 35.9. The van der Waals surface area contributed by atoms with Crippen LogP contribution in [0.15, 0.2) is 53.1 Å². The van der Waals surface area contributed by atoms with E-state index in [0.29, 0.717) is 98.9 Å². The molecule has 1 aromatic carbocycles. The number of allylic oxidation sites excluding steroid dienone is 1. The number of aliphatic hydroxyl groups is 1. The number of rotatable bonds is 7. The molecule has 4 aliphatic rings. The highest BCUT2D eigenvalue weighted by atomic mass is 16.5. The lowest BCUT2D eigenvalue weighted by Crippen LogP contribution is -2.53. The minimum absolute atomic E-state index is 0.0837. The molecule has 2 bridgehead atoms. The first-order valence-electron chi connectivity index (χ1n) is 21.3. The van der Waals surface area contributed by atoms with Crippen molar-refractivity contribution in [3.05, 3.63) is 70.7 Å². The van der Waals surface area contributed by atoms with Crippen LogP contribution in [0.25, 0.3) is 11.0 Å². The van der Waals surface area contributed by atoms with Gasteiger partial charge in [0.25, 0.3) is 5.91 Å². The van der Waals surface area contributed by atoms with Gasteiger partial charge in [-0.25, -0.2) is 9.98 Å². The van der Waals surface area contributed by atoms with Crippen LogP contribution in [0.1, 0.15) is 65.2 Å². The maximum atomic E-state index is 14.1. The fourth-order valence-corrected chi connectivity index (χ4v) is 8.73. The fraction of sp³-hybridized carbons (Fsp3) is 0.500. The smallest absolute Gasteiger partial charge is 0.276 e. The number of guanidine groups is 1. The van der Waals surface area contributed by atoms with Crippen molar-refractivity contribution in [3.8, 4) is 11.6 Å². The van der Waals surface area contributed by atoms with Crippen LogP contribution < -0.4 is 31.6 Å². The Kier molecular flexibility index (Phi) is 12.8. The van der Waals surface area contributed by atoms with Crippen LogP contribution in [0.3, 0.4) is 0 Å². The number of nitrogens with zero attached hydrogens (tertiary/aromatic N) is 9. The van der Waals surface area contributed by atoms with Crippen molar-refractivity contribution in [1.29, 1.82) is 0 Å². The van der Waals surface area contributed by atoms with E-state index in [9.17, 15) is 19.5 Å². The number of primary amides is 2. The van der Waals surface area contributed by atoms with Gasteiger partial charge >= 0.3 is 0 Å². The predicted molar refractivity (Wildman–Crippen MR) is 230 cm³/mol. The average Bonchev–Trinajstić information content (AvgIpc) is 4.05. The molecule has 21 nitrogen and oxygen atoms in total. The van der Waals surface area contributed by atoms with Crippen LogP contribution in [-0.4, -0.2) is 145 Å². The summed E-state index contributed by atoms with van der Waals surface area (Å²) in [6, 6.07) is 5.64. The zero-order valence-electron chi connectivity index (χ0n) is 35.9. The molecular formula is C42H55N13O8. The molecule has 336 valence electrons. The highest BCUT2D eigenvalue weighted by molar-refractivity contribution is 6.04. The molecule has 5 atom stereocenters. The Bertz CT molecular complexity index is 2450. The zero-order chi connectivity index (χ0) is 44.4. The Morgan fingerprint density at radius 3 is 2.60 bits per heavy atom. The van der Waals surface area contributed by atoms with Crippen LogP contribution in [0.5, 0.6) is 11.6 Å². The van der Waals surface area contributed by atoms with Gasteiger partial charge in [0.05, 0.1) is 61.5 Å². The Labute approximate surface area is 363 Å². The fourth-order valence-electron chi connectivity index (χ4n) is 8.73. The second-order valence-electron chi connectivity index (χ2n) is 15.8. The predicted octanol–water partition coefficient (Wildman–Crippen LogP) is 1.07. The quantitative estimate of drug-likeness (QED) is 0.129. The molecule has 1 saturated heterocycles. The Balaban J connectivity index is 1.18. The summed E-state index contributed by atoms with van der Waals surface area (Å²) in [4.78, 5) is 53.2. The van der Waals surface area contributed by atoms with E-state index >= 15 is 0 Å². The van der Waals surface area contributed by atoms with E-state index in [1.165, 1.54) is 13.2 Å². The molecule has 3 aliphatic heterocycles. The van der Waals surface area contributed by atoms with E-state index in [0.717, 1.165) is 5.69 Å². The SMILES string of the molecule is CCn1nc2cc1C(=O)Nc1nc3cc(C(N)=O)cc(OC)c3n1C/C=C/CN1C(NC(O)c3cc(C)nn3CC)=NC3CC(C(N)=O)=CC(OCCCN4CCOCC4CO2)C31. The maximum Gasteiger partial charge on any atom is 0.276 e. The number of benzene rings is 1. The molecule has 5 unspecified atom stereocenters. The Morgan fingerprint density at radius 1 is 1.03 bits per heavy atom. The molecule has 0 saturated carbocycles. The van der Waals surface area contributed by atoms with Crippen LogP contribution in [0.4, 0.5) is 5.95 Å². The number of aromatic nitrogens is 6. The number of aryl methyl sites for hydroxylation is 3. The number of hydrogen-bond acceptors (Lipinski definition) is 15. The Morgan fingerprint density at radius 2 is 1.84 bits per heavy atom. The van der Waals surface area contributed by atoms with Crippen molar-refractivity contribution in [2.24, 2.45) is 16.5 Å². The van der Waals surface area contributed by atoms with Gasteiger partial charge in [0.15, 0.2) is 12.2 Å². The molecule has 1 aliphatic carbocycles. The molecule has 63 heavy (non-hydrogen) atoms. The van der Waals surface area contributed by atoms with Gasteiger partial charge in [-0.15, -0.1) is 5.10 Å². The van der Waals surface area contributed by atoms with Gasteiger partial charge in [0.2, 0.25) is 23.6 Å². The highest BCUT2D eigenvalue weighted by Gasteiger charge is 2.45. The van der Waals surface area contributed by atoms with Gasteiger partial charge in [0.1, 0.15) is 23.6 Å². The summed E-state index contributed by atoms with van der Waals surface area (Å²) in [5.74, 6) is -0.457. The summed E-state index contributed by atoms with van der Waals surface area (Å²) in [6.07, 6.45) is 4.89. The number of ether oxygens (including phenoxy) is 4. The van der Waals surface area contributed by atoms with E-state index in [2.05, 4.69) is 25.7 Å². The van der Waals surface area contributed by atoms with Crippen molar-refractivity contribution in [2.75, 3.05) is 58.5 Å². The first kappa shape index (κ1) is 43.4. The molecule has 6 heterocycles. The van der Waals surface area contributed by atoms with Gasteiger partial charge in [-0.1, -0.05) is 12.2 Å². The average molecular weight is 870 g/mol. The van der Waals surface area contributed by atoms with Crippen molar-refractivity contribution in [3.63, 3.8) is 0 Å². The van der Waals surface area contributed by atoms with Gasteiger partial charge in [-0.2, -0.15) is 5.10 Å². The summed E-state index contributed by atoms with van der Waals surface area (Å²) in [5, 5.41) is 26.9. The summed E-state index contributed by atoms with van der Waals surface area (Å²) >= 11 is 0. The monoisotopic (exact) mass is 869 g/mol. The maximum absolute atomic E-state index is 14.1. The number of aliphatic imine (C=N–C) groups is 1. The molecular weight excluding hydrogens is 815 g/mol. The number of nitrogens with two attached hydrogens (primary N) is 2. The lowest BCUT2D eigenvalue weighted by Gasteiger charge is -2.38. The third-order valence-corrected chi connectivity index (χ3v) is 11.8. The molecule has 0 radical (unpaired) electrons. The van der Waals surface area contributed by atoms with Crippen LogP contribution in [-0.2, 0) is 33.9 Å². The van der Waals surface area contributed by atoms with Crippen LogP contribution >= 0.6 is 0 Å². The topological polar surface area (TPSA) is 257 Å². The molecule has 1 fully saturated rings. The standard InChI is InChI=1S/C42H55N13O8/c1-5-54-30(16-24(3)49-54)39(58)47-42-46-29-18-26(38(44)57)20-33-36(29)53(42)12-8-7-11-52-35-28(17-25(37(43)56)19-32(35)60-4)45-41(52)48-40(59)31-21-34(50-55(31)6-2)63-23-27-22-61-15-13-51(27)10-9-14-62-33/h7-8,16-17,19-21,27,29,33,36,39,58H,5-6,9-15,18,22-23H2,1-4H3,(H2,43,56)(H2,44,57)(H,46,47)(H,45,48,59)/b8-7+. The van der Waals surface area contributed by atoms with Gasteiger partial charge in [0, 0.05) is 69.5 Å². The largest absolute Gasteiger partial charge is 0.494 e. The van der Waals surface area contributed by atoms with Crippen molar-refractivity contribution in [2.45, 2.75) is 83.7 Å². The number of hydrogen-bond donors (Lipinski definition) is 5. The first-order chi connectivity index (χ1) is 30.5. The normalized spacial score (nSPS) is 23.4. The highest BCUT2D eigenvalue weighted by Crippen LogP contribution is 2.34. The second kappa shape index (κ2) is 18.6. The van der Waals surface area contributed by atoms with Gasteiger partial charge in [-0.3, -0.25) is 34.0 Å². The summed E-state index contributed by atoms with van der Waals surface area (Å²) in [7, 11) is 1.48. The number of amides is 3. The molecule has 0 spiro atoms. The molecule has 7 N–H and O–H groups in total. The first-order valence-corrected chi connectivity index (χ1v) is 21.3. The number of aliphatic hydroxyl groups excluding tert-OH is 1. The summed E-state index contributed by atoms with van der Waals surface area (Å²) < 4.78 is 29.5. The van der Waals surface area contributed by atoms with E-state index < -0.39 is 36.1 Å². The number of nitrogens with one attached hydrogen (secondary N) is 2. The van der Waals surface area contributed by atoms with Gasteiger partial charge < -0.3 is 50.3 Å².